The van der Waals surface area contributed by atoms with E-state index >= 15 is 0 Å². The monoisotopic (exact) mass is 292 g/mol. The van der Waals surface area contributed by atoms with Crippen LogP contribution in [-0.2, 0) is 11.3 Å². The van der Waals surface area contributed by atoms with E-state index in [9.17, 15) is 22.8 Å². The number of carboxylic acids is 1. The molecular weight excluding hydrogens is 281 g/mol. The number of aromatic nitrogens is 3. The van der Waals surface area contributed by atoms with Gasteiger partial charge in [0.15, 0.2) is 5.69 Å². The van der Waals surface area contributed by atoms with Crippen LogP contribution >= 0.6 is 0 Å². The predicted molar refractivity (Wildman–Crippen MR) is 57.8 cm³/mol. The maximum atomic E-state index is 12.4. The largest absolute Gasteiger partial charge is 0.476 e. The van der Waals surface area contributed by atoms with Crippen LogP contribution < -0.4 is 0 Å². The van der Waals surface area contributed by atoms with E-state index in [1.807, 2.05) is 0 Å². The molecule has 0 saturated heterocycles. The molecule has 10 heteroatoms. The zero-order valence-electron chi connectivity index (χ0n) is 10.2. The van der Waals surface area contributed by atoms with Gasteiger partial charge in [-0.05, 0) is 12.8 Å². The molecule has 0 aromatic carbocycles. The van der Waals surface area contributed by atoms with E-state index in [0.29, 0.717) is 12.8 Å². The molecule has 1 N–H and O–H groups in total. The Balaban J connectivity index is 2.02. The zero-order chi connectivity index (χ0) is 14.9. The van der Waals surface area contributed by atoms with Gasteiger partial charge in [-0.3, -0.25) is 4.79 Å². The second-order valence-electron chi connectivity index (χ2n) is 4.47. The highest BCUT2D eigenvalue weighted by molar-refractivity contribution is 5.84. The Morgan fingerprint density at radius 2 is 2.10 bits per heavy atom. The van der Waals surface area contributed by atoms with Crippen LogP contribution in [0.1, 0.15) is 23.3 Å². The van der Waals surface area contributed by atoms with Crippen LogP contribution in [0, 0.1) is 0 Å². The van der Waals surface area contributed by atoms with Crippen LogP contribution in [0.15, 0.2) is 6.20 Å². The normalized spacial score (nSPS) is 15.2. The molecule has 1 saturated carbocycles. The lowest BCUT2D eigenvalue weighted by molar-refractivity contribution is -0.162. The van der Waals surface area contributed by atoms with Crippen molar-refractivity contribution in [3.05, 3.63) is 11.9 Å². The number of amides is 1. The molecule has 2 rings (SSSR count). The van der Waals surface area contributed by atoms with E-state index in [1.54, 1.807) is 0 Å². The molecule has 0 spiro atoms. The highest BCUT2D eigenvalue weighted by Crippen LogP contribution is 2.30. The SMILES string of the molecule is O=C(O)c1cn(CC(=O)N(CC(F)(F)F)C2CC2)nn1. The molecule has 110 valence electrons. The standard InChI is InChI=1S/C10H11F3N4O3/c11-10(12,13)5-17(6-1-2-6)8(18)4-16-3-7(9(19)20)14-15-16/h3,6H,1-2,4-5H2,(H,19,20). The summed E-state index contributed by atoms with van der Waals surface area (Å²) in [5.74, 6) is -2.08. The molecule has 0 radical (unpaired) electrons. The molecule has 0 unspecified atom stereocenters. The van der Waals surface area contributed by atoms with Crippen molar-refractivity contribution in [2.75, 3.05) is 6.54 Å². The van der Waals surface area contributed by atoms with Crippen molar-refractivity contribution >= 4 is 11.9 Å². The summed E-state index contributed by atoms with van der Waals surface area (Å²) in [7, 11) is 0. The number of halogens is 3. The predicted octanol–water partition coefficient (Wildman–Crippen LogP) is 0.530. The van der Waals surface area contributed by atoms with Gasteiger partial charge in [-0.25, -0.2) is 9.48 Å². The van der Waals surface area contributed by atoms with Crippen molar-refractivity contribution < 1.29 is 27.9 Å². The van der Waals surface area contributed by atoms with Crippen molar-refractivity contribution in [2.24, 2.45) is 0 Å². The van der Waals surface area contributed by atoms with Gasteiger partial charge in [0.25, 0.3) is 0 Å². The van der Waals surface area contributed by atoms with Crippen LogP contribution in [0.5, 0.6) is 0 Å². The number of alkyl halides is 3. The van der Waals surface area contributed by atoms with Gasteiger partial charge in [-0.2, -0.15) is 13.2 Å². The fraction of sp³-hybridized carbons (Fsp3) is 0.600. The van der Waals surface area contributed by atoms with Gasteiger partial charge in [0.05, 0.1) is 6.20 Å². The lowest BCUT2D eigenvalue weighted by Gasteiger charge is -2.23. The Morgan fingerprint density at radius 1 is 1.45 bits per heavy atom. The molecule has 1 fully saturated rings. The zero-order valence-corrected chi connectivity index (χ0v) is 10.2. The third-order valence-electron chi connectivity index (χ3n) is 2.71. The first-order valence-corrected chi connectivity index (χ1v) is 5.76. The number of carboxylic acid groups (broad SMARTS) is 1. The molecule has 1 aromatic rings. The fourth-order valence-electron chi connectivity index (χ4n) is 1.70. The Morgan fingerprint density at radius 3 is 2.55 bits per heavy atom. The second-order valence-corrected chi connectivity index (χ2v) is 4.47. The Labute approximate surface area is 111 Å². The third kappa shape index (κ3) is 3.68. The van der Waals surface area contributed by atoms with Crippen molar-refractivity contribution in [3.63, 3.8) is 0 Å². The molecule has 7 nitrogen and oxygen atoms in total. The van der Waals surface area contributed by atoms with Crippen molar-refractivity contribution in [2.45, 2.75) is 31.6 Å². The van der Waals surface area contributed by atoms with E-state index in [2.05, 4.69) is 10.3 Å². The van der Waals surface area contributed by atoms with Gasteiger partial charge in [-0.15, -0.1) is 5.10 Å². The maximum Gasteiger partial charge on any atom is 0.406 e. The topological polar surface area (TPSA) is 88.3 Å². The van der Waals surface area contributed by atoms with Gasteiger partial charge < -0.3 is 10.0 Å². The van der Waals surface area contributed by atoms with Gasteiger partial charge in [0.1, 0.15) is 13.1 Å². The minimum Gasteiger partial charge on any atom is -0.476 e. The number of hydrogen-bond donors (Lipinski definition) is 1. The lowest BCUT2D eigenvalue weighted by Crippen LogP contribution is -2.42. The second kappa shape index (κ2) is 5.10. The van der Waals surface area contributed by atoms with Crippen LogP contribution in [0.2, 0.25) is 0 Å². The molecule has 1 aromatic heterocycles. The number of aromatic carboxylic acids is 1. The summed E-state index contributed by atoms with van der Waals surface area (Å²) in [5, 5.41) is 15.3. The van der Waals surface area contributed by atoms with Crippen LogP contribution in [0.4, 0.5) is 13.2 Å². The van der Waals surface area contributed by atoms with Gasteiger partial charge in [-0.1, -0.05) is 5.21 Å². The smallest absolute Gasteiger partial charge is 0.406 e. The quantitative estimate of drug-likeness (QED) is 0.855. The van der Waals surface area contributed by atoms with Gasteiger partial charge in [0.2, 0.25) is 5.91 Å². The highest BCUT2D eigenvalue weighted by atomic mass is 19.4. The first kappa shape index (κ1) is 14.3. The molecule has 0 aliphatic heterocycles. The molecule has 1 aliphatic carbocycles. The van der Waals surface area contributed by atoms with Crippen LogP contribution in [0.3, 0.4) is 0 Å². The van der Waals surface area contributed by atoms with Crippen LogP contribution in [0.25, 0.3) is 0 Å². The minimum atomic E-state index is -4.47. The molecule has 1 heterocycles. The highest BCUT2D eigenvalue weighted by Gasteiger charge is 2.40. The third-order valence-corrected chi connectivity index (χ3v) is 2.71. The van der Waals surface area contributed by atoms with Crippen molar-refractivity contribution in [1.29, 1.82) is 0 Å². The van der Waals surface area contributed by atoms with Gasteiger partial charge in [0, 0.05) is 6.04 Å². The lowest BCUT2D eigenvalue weighted by atomic mass is 10.4. The number of hydrogen-bond acceptors (Lipinski definition) is 4. The van der Waals surface area contributed by atoms with Gasteiger partial charge >= 0.3 is 12.1 Å². The van der Waals surface area contributed by atoms with E-state index in [1.165, 1.54) is 0 Å². The number of carbonyl (C=O) groups excluding carboxylic acids is 1. The first-order valence-electron chi connectivity index (χ1n) is 5.76. The molecule has 1 amide bonds. The average Bonchev–Trinajstić information content (AvgIpc) is 3.04. The number of carbonyl (C=O) groups is 2. The summed E-state index contributed by atoms with van der Waals surface area (Å²) in [4.78, 5) is 23.2. The average molecular weight is 292 g/mol. The Hall–Kier alpha value is -2.13. The number of rotatable bonds is 5. The number of nitrogens with zero attached hydrogens (tertiary/aromatic N) is 4. The first-order chi connectivity index (χ1) is 9.26. The van der Waals surface area contributed by atoms with E-state index < -0.39 is 37.2 Å². The molecule has 0 atom stereocenters. The summed E-state index contributed by atoms with van der Waals surface area (Å²) in [6.07, 6.45) is -2.38. The van der Waals surface area contributed by atoms with E-state index in [0.717, 1.165) is 15.8 Å². The van der Waals surface area contributed by atoms with Crippen molar-refractivity contribution in [3.8, 4) is 0 Å². The molecule has 20 heavy (non-hydrogen) atoms. The molecule has 1 aliphatic rings. The summed E-state index contributed by atoms with van der Waals surface area (Å²) >= 11 is 0. The van der Waals surface area contributed by atoms with E-state index in [4.69, 9.17) is 5.11 Å². The summed E-state index contributed by atoms with van der Waals surface area (Å²) in [6, 6.07) is -0.397. The summed E-state index contributed by atoms with van der Waals surface area (Å²) < 4.78 is 38.1. The Bertz CT molecular complexity index is 524. The minimum absolute atomic E-state index is 0.369. The summed E-state index contributed by atoms with van der Waals surface area (Å²) in [5.41, 5.74) is -0.369. The fourth-order valence-corrected chi connectivity index (χ4v) is 1.70. The molecular formula is C10H11F3N4O3. The Kier molecular flexibility index (Phi) is 3.64. The van der Waals surface area contributed by atoms with E-state index in [-0.39, 0.29) is 5.69 Å². The molecule has 0 bridgehead atoms. The van der Waals surface area contributed by atoms with Crippen molar-refractivity contribution in [1.82, 2.24) is 19.9 Å². The maximum absolute atomic E-state index is 12.4. The summed E-state index contributed by atoms with van der Waals surface area (Å²) in [6.45, 7) is -1.77. The van der Waals surface area contributed by atoms with Crippen LogP contribution in [-0.4, -0.2) is 55.6 Å².